The molecule has 2 heterocycles. The number of aliphatic hydroxyl groups is 1. The number of halogens is 1. The molecular weight excluding hydrogens is 335 g/mol. The van der Waals surface area contributed by atoms with E-state index in [1.54, 1.807) is 24.3 Å². The van der Waals surface area contributed by atoms with Crippen molar-refractivity contribution in [2.24, 2.45) is 0 Å². The summed E-state index contributed by atoms with van der Waals surface area (Å²) in [5, 5.41) is 24.1. The molecule has 3 N–H and O–H groups in total. The normalized spacial score (nSPS) is 15.4. The van der Waals surface area contributed by atoms with Gasteiger partial charge in [0.05, 0.1) is 24.4 Å². The third kappa shape index (κ3) is 4.65. The van der Waals surface area contributed by atoms with Crippen LogP contribution >= 0.6 is 0 Å². The first kappa shape index (κ1) is 18.0. The highest BCUT2D eigenvalue weighted by atomic mass is 19.1. The van der Waals surface area contributed by atoms with Crippen LogP contribution in [0.2, 0.25) is 0 Å². The molecule has 1 aliphatic rings. The van der Waals surface area contributed by atoms with E-state index in [9.17, 15) is 4.39 Å². The van der Waals surface area contributed by atoms with E-state index in [1.165, 1.54) is 0 Å². The van der Waals surface area contributed by atoms with Crippen molar-refractivity contribution in [1.29, 1.82) is 5.26 Å². The van der Waals surface area contributed by atoms with Gasteiger partial charge in [0.2, 0.25) is 5.95 Å². The van der Waals surface area contributed by atoms with Crippen molar-refractivity contribution in [3.63, 3.8) is 0 Å². The highest BCUT2D eigenvalue weighted by molar-refractivity contribution is 5.57. The van der Waals surface area contributed by atoms with Gasteiger partial charge in [-0.15, -0.1) is 0 Å². The van der Waals surface area contributed by atoms with E-state index in [0.29, 0.717) is 17.8 Å². The molecule has 0 bridgehead atoms. The van der Waals surface area contributed by atoms with Gasteiger partial charge in [-0.3, -0.25) is 0 Å². The lowest BCUT2D eigenvalue weighted by Crippen LogP contribution is -2.40. The summed E-state index contributed by atoms with van der Waals surface area (Å²) in [5.41, 5.74) is 1.18. The lowest BCUT2D eigenvalue weighted by atomic mass is 10.1. The number of rotatable bonds is 6. The molecule has 136 valence electrons. The molecule has 0 aliphatic carbocycles. The SMILES string of the molecule is N#Cc1cccc(Nc2ncc(F)c(NC3CCN(CCO)CC3)n2)c1. The molecule has 1 saturated heterocycles. The van der Waals surface area contributed by atoms with E-state index < -0.39 is 5.82 Å². The zero-order chi connectivity index (χ0) is 18.4. The first-order valence-electron chi connectivity index (χ1n) is 8.57. The van der Waals surface area contributed by atoms with Gasteiger partial charge < -0.3 is 20.6 Å². The average molecular weight is 356 g/mol. The van der Waals surface area contributed by atoms with Gasteiger partial charge in [0.1, 0.15) is 0 Å². The van der Waals surface area contributed by atoms with Crippen LogP contribution in [0.1, 0.15) is 18.4 Å². The number of aliphatic hydroxyl groups excluding tert-OH is 1. The number of anilines is 3. The fraction of sp³-hybridized carbons (Fsp3) is 0.389. The number of β-amino-alcohol motifs (C(OH)–C–C–N with tert-alkyl or cyclic N) is 1. The molecule has 26 heavy (non-hydrogen) atoms. The number of hydrogen-bond acceptors (Lipinski definition) is 7. The summed E-state index contributed by atoms with van der Waals surface area (Å²) in [5.74, 6) is -0.0691. The fourth-order valence-electron chi connectivity index (χ4n) is 2.96. The Labute approximate surface area is 151 Å². The summed E-state index contributed by atoms with van der Waals surface area (Å²) in [6, 6.07) is 9.12. The maximum atomic E-state index is 14.1. The van der Waals surface area contributed by atoms with Crippen LogP contribution in [-0.4, -0.2) is 52.3 Å². The second-order valence-corrected chi connectivity index (χ2v) is 6.19. The van der Waals surface area contributed by atoms with Gasteiger partial charge in [-0.1, -0.05) is 6.07 Å². The molecule has 2 aromatic rings. The average Bonchev–Trinajstić information content (AvgIpc) is 2.66. The van der Waals surface area contributed by atoms with Crippen molar-refractivity contribution in [2.45, 2.75) is 18.9 Å². The quantitative estimate of drug-likeness (QED) is 0.729. The van der Waals surface area contributed by atoms with E-state index in [1.807, 2.05) is 0 Å². The molecule has 1 aliphatic heterocycles. The van der Waals surface area contributed by atoms with Crippen molar-refractivity contribution < 1.29 is 9.50 Å². The molecule has 0 atom stereocenters. The minimum Gasteiger partial charge on any atom is -0.395 e. The van der Waals surface area contributed by atoms with E-state index in [2.05, 4.69) is 31.6 Å². The van der Waals surface area contributed by atoms with Gasteiger partial charge in [0, 0.05) is 31.4 Å². The summed E-state index contributed by atoms with van der Waals surface area (Å²) in [7, 11) is 0. The largest absolute Gasteiger partial charge is 0.395 e. The molecule has 7 nitrogen and oxygen atoms in total. The van der Waals surface area contributed by atoms with E-state index >= 15 is 0 Å². The van der Waals surface area contributed by atoms with Crippen LogP contribution in [-0.2, 0) is 0 Å². The Kier molecular flexibility index (Phi) is 5.94. The van der Waals surface area contributed by atoms with Crippen LogP contribution in [0.5, 0.6) is 0 Å². The van der Waals surface area contributed by atoms with Crippen molar-refractivity contribution >= 4 is 17.5 Å². The van der Waals surface area contributed by atoms with Crippen molar-refractivity contribution in [2.75, 3.05) is 36.9 Å². The summed E-state index contributed by atoms with van der Waals surface area (Å²) < 4.78 is 14.1. The van der Waals surface area contributed by atoms with E-state index in [0.717, 1.165) is 32.1 Å². The number of hydrogen-bond donors (Lipinski definition) is 3. The molecule has 0 unspecified atom stereocenters. The number of piperidine rings is 1. The van der Waals surface area contributed by atoms with Gasteiger partial charge in [0.15, 0.2) is 11.6 Å². The molecule has 1 fully saturated rings. The molecule has 0 spiro atoms. The Hall–Kier alpha value is -2.76. The van der Waals surface area contributed by atoms with Gasteiger partial charge in [-0.05, 0) is 31.0 Å². The summed E-state index contributed by atoms with van der Waals surface area (Å²) in [6.45, 7) is 2.54. The highest BCUT2D eigenvalue weighted by Gasteiger charge is 2.20. The molecule has 0 radical (unpaired) electrons. The van der Waals surface area contributed by atoms with Crippen molar-refractivity contribution in [3.05, 3.63) is 41.8 Å². The minimum atomic E-state index is -0.501. The molecule has 1 aromatic carbocycles. The Bertz CT molecular complexity index is 785. The lowest BCUT2D eigenvalue weighted by molar-refractivity contribution is 0.168. The maximum Gasteiger partial charge on any atom is 0.229 e. The van der Waals surface area contributed by atoms with Gasteiger partial charge in [-0.2, -0.15) is 10.2 Å². The standard InChI is InChI=1S/C18H21FN6O/c19-16-12-21-18(23-15-3-1-2-13(10-15)11-20)24-17(16)22-14-4-6-25(7-5-14)8-9-26/h1-3,10,12,14,26H,4-9H2,(H2,21,22,23,24). The predicted molar refractivity (Wildman–Crippen MR) is 96.6 cm³/mol. The highest BCUT2D eigenvalue weighted by Crippen LogP contribution is 2.20. The maximum absolute atomic E-state index is 14.1. The molecule has 8 heteroatoms. The van der Waals surface area contributed by atoms with Gasteiger partial charge in [-0.25, -0.2) is 9.37 Å². The Morgan fingerprint density at radius 2 is 2.15 bits per heavy atom. The molecule has 3 rings (SSSR count). The van der Waals surface area contributed by atoms with E-state index in [-0.39, 0.29) is 24.4 Å². The Morgan fingerprint density at radius 3 is 2.88 bits per heavy atom. The summed E-state index contributed by atoms with van der Waals surface area (Å²) >= 11 is 0. The van der Waals surface area contributed by atoms with Gasteiger partial charge >= 0.3 is 0 Å². The molecule has 0 amide bonds. The van der Waals surface area contributed by atoms with Crippen molar-refractivity contribution in [3.8, 4) is 6.07 Å². The minimum absolute atomic E-state index is 0.129. The second-order valence-electron chi connectivity index (χ2n) is 6.19. The lowest BCUT2D eigenvalue weighted by Gasteiger charge is -2.32. The predicted octanol–water partition coefficient (Wildman–Crippen LogP) is 2.10. The van der Waals surface area contributed by atoms with E-state index in [4.69, 9.17) is 10.4 Å². The van der Waals surface area contributed by atoms with Crippen LogP contribution in [0.3, 0.4) is 0 Å². The van der Waals surface area contributed by atoms with Crippen LogP contribution < -0.4 is 10.6 Å². The van der Waals surface area contributed by atoms with Crippen LogP contribution in [0.25, 0.3) is 0 Å². The molecule has 1 aromatic heterocycles. The Morgan fingerprint density at radius 1 is 1.35 bits per heavy atom. The zero-order valence-electron chi connectivity index (χ0n) is 14.3. The number of likely N-dealkylation sites (tertiary alicyclic amines) is 1. The third-order valence-electron chi connectivity index (χ3n) is 4.34. The first-order chi connectivity index (χ1) is 12.7. The van der Waals surface area contributed by atoms with Crippen LogP contribution in [0, 0.1) is 17.1 Å². The van der Waals surface area contributed by atoms with Crippen molar-refractivity contribution in [1.82, 2.24) is 14.9 Å². The molecule has 0 saturated carbocycles. The number of nitrogens with one attached hydrogen (secondary N) is 2. The Balaban J connectivity index is 1.65. The fourth-order valence-corrected chi connectivity index (χ4v) is 2.96. The summed E-state index contributed by atoms with van der Waals surface area (Å²) in [6.07, 6.45) is 2.85. The van der Waals surface area contributed by atoms with Crippen LogP contribution in [0.4, 0.5) is 21.8 Å². The number of nitriles is 1. The second kappa shape index (κ2) is 8.56. The third-order valence-corrected chi connectivity index (χ3v) is 4.34. The van der Waals surface area contributed by atoms with Gasteiger partial charge in [0.25, 0.3) is 0 Å². The topological polar surface area (TPSA) is 97.1 Å². The first-order valence-corrected chi connectivity index (χ1v) is 8.57. The number of nitrogens with zero attached hydrogens (tertiary/aromatic N) is 4. The smallest absolute Gasteiger partial charge is 0.229 e. The number of aromatic nitrogens is 2. The molecular formula is C18H21FN6O. The number of benzene rings is 1. The monoisotopic (exact) mass is 356 g/mol. The summed E-state index contributed by atoms with van der Waals surface area (Å²) in [4.78, 5) is 10.4. The van der Waals surface area contributed by atoms with Crippen LogP contribution in [0.15, 0.2) is 30.5 Å². The zero-order valence-corrected chi connectivity index (χ0v) is 14.3.